The Hall–Kier alpha value is -1.78. The summed E-state index contributed by atoms with van der Waals surface area (Å²) >= 11 is 4.26. The molecule has 0 spiro atoms. The lowest BCUT2D eigenvalue weighted by atomic mass is 10.1. The molecular formula is C15H17NO2S. The Labute approximate surface area is 118 Å². The van der Waals surface area contributed by atoms with Crippen molar-refractivity contribution in [1.82, 2.24) is 0 Å². The lowest BCUT2D eigenvalue weighted by molar-refractivity contribution is -0.137. The van der Waals surface area contributed by atoms with E-state index in [9.17, 15) is 4.79 Å². The summed E-state index contributed by atoms with van der Waals surface area (Å²) < 4.78 is 4.46. The monoisotopic (exact) mass is 275 g/mol. The number of hydrogen-bond acceptors (Lipinski definition) is 4. The second-order valence-corrected chi connectivity index (χ2v) is 4.21. The SMILES string of the molecule is C=CC(=O)OCCN.Sc1ccc2ccccc2c1. The van der Waals surface area contributed by atoms with Gasteiger partial charge in [-0.2, -0.15) is 0 Å². The van der Waals surface area contributed by atoms with Crippen LogP contribution in [0.4, 0.5) is 0 Å². The summed E-state index contributed by atoms with van der Waals surface area (Å²) in [5.41, 5.74) is 5.02. The average molecular weight is 275 g/mol. The van der Waals surface area contributed by atoms with Crippen molar-refractivity contribution in [3.63, 3.8) is 0 Å². The van der Waals surface area contributed by atoms with Crippen molar-refractivity contribution >= 4 is 29.4 Å². The van der Waals surface area contributed by atoms with Crippen LogP contribution in [0, 0.1) is 0 Å². The Morgan fingerprint density at radius 1 is 1.26 bits per heavy atom. The minimum Gasteiger partial charge on any atom is -0.461 e. The van der Waals surface area contributed by atoms with E-state index in [1.807, 2.05) is 18.2 Å². The Balaban J connectivity index is 0.000000203. The van der Waals surface area contributed by atoms with E-state index in [4.69, 9.17) is 5.73 Å². The van der Waals surface area contributed by atoms with E-state index >= 15 is 0 Å². The van der Waals surface area contributed by atoms with E-state index in [2.05, 4.69) is 48.2 Å². The standard InChI is InChI=1S/C10H8S.C5H9NO2/c11-10-6-5-8-3-1-2-4-9(8)7-10;1-2-5(7)8-4-3-6/h1-7,11H;2H,1,3-4,6H2. The summed E-state index contributed by atoms with van der Waals surface area (Å²) in [7, 11) is 0. The minimum atomic E-state index is -0.421. The molecule has 0 bridgehead atoms. The highest BCUT2D eigenvalue weighted by Crippen LogP contribution is 2.17. The smallest absolute Gasteiger partial charge is 0.330 e. The highest BCUT2D eigenvalue weighted by Gasteiger charge is 1.90. The van der Waals surface area contributed by atoms with Gasteiger partial charge in [-0.15, -0.1) is 12.6 Å². The van der Waals surface area contributed by atoms with E-state index in [1.165, 1.54) is 10.8 Å². The van der Waals surface area contributed by atoms with Crippen LogP contribution in [0.5, 0.6) is 0 Å². The number of esters is 1. The number of hydrogen-bond donors (Lipinski definition) is 2. The normalized spacial score (nSPS) is 9.37. The molecule has 0 amide bonds. The van der Waals surface area contributed by atoms with Crippen LogP contribution in [0.1, 0.15) is 0 Å². The zero-order valence-corrected chi connectivity index (χ0v) is 11.5. The molecule has 2 aromatic carbocycles. The predicted molar refractivity (Wildman–Crippen MR) is 81.4 cm³/mol. The number of ether oxygens (including phenoxy) is 1. The van der Waals surface area contributed by atoms with Crippen LogP contribution in [0.25, 0.3) is 10.8 Å². The van der Waals surface area contributed by atoms with Gasteiger partial charge in [-0.25, -0.2) is 4.79 Å². The fraction of sp³-hybridized carbons (Fsp3) is 0.133. The number of rotatable bonds is 3. The van der Waals surface area contributed by atoms with Crippen molar-refractivity contribution in [3.05, 3.63) is 55.1 Å². The zero-order valence-electron chi connectivity index (χ0n) is 10.6. The van der Waals surface area contributed by atoms with Gasteiger partial charge in [-0.3, -0.25) is 0 Å². The molecule has 2 rings (SSSR count). The van der Waals surface area contributed by atoms with Crippen molar-refractivity contribution in [2.75, 3.05) is 13.2 Å². The number of carbonyl (C=O) groups is 1. The number of carbonyl (C=O) groups excluding carboxylic acids is 1. The molecule has 0 saturated heterocycles. The number of thiol groups is 1. The molecule has 0 aliphatic carbocycles. The molecule has 2 N–H and O–H groups in total. The molecule has 19 heavy (non-hydrogen) atoms. The first-order valence-corrected chi connectivity index (χ1v) is 6.29. The van der Waals surface area contributed by atoms with E-state index in [-0.39, 0.29) is 6.61 Å². The third-order valence-corrected chi connectivity index (χ3v) is 2.54. The Morgan fingerprint density at radius 3 is 2.58 bits per heavy atom. The highest BCUT2D eigenvalue weighted by atomic mass is 32.1. The molecule has 2 aromatic rings. The van der Waals surface area contributed by atoms with Crippen LogP contribution in [0.2, 0.25) is 0 Å². The molecule has 3 nitrogen and oxygen atoms in total. The van der Waals surface area contributed by atoms with Crippen molar-refractivity contribution in [2.45, 2.75) is 4.90 Å². The maximum atomic E-state index is 10.2. The first-order valence-electron chi connectivity index (χ1n) is 5.84. The molecule has 0 aliphatic rings. The van der Waals surface area contributed by atoms with Crippen molar-refractivity contribution in [2.24, 2.45) is 5.73 Å². The third kappa shape index (κ3) is 5.59. The molecule has 0 saturated carbocycles. The number of fused-ring (bicyclic) bond motifs is 1. The van der Waals surface area contributed by atoms with Crippen molar-refractivity contribution in [1.29, 1.82) is 0 Å². The van der Waals surface area contributed by atoms with Gasteiger partial charge in [0.2, 0.25) is 0 Å². The molecule has 4 heteroatoms. The molecule has 0 radical (unpaired) electrons. The number of benzene rings is 2. The summed E-state index contributed by atoms with van der Waals surface area (Å²) in [6.45, 7) is 3.83. The van der Waals surface area contributed by atoms with E-state index in [0.717, 1.165) is 11.0 Å². The van der Waals surface area contributed by atoms with Gasteiger partial charge in [0.25, 0.3) is 0 Å². The van der Waals surface area contributed by atoms with Gasteiger partial charge in [0.1, 0.15) is 6.61 Å². The predicted octanol–water partition coefficient (Wildman–Crippen LogP) is 2.80. The van der Waals surface area contributed by atoms with Crippen LogP contribution >= 0.6 is 12.6 Å². The molecular weight excluding hydrogens is 258 g/mol. The van der Waals surface area contributed by atoms with E-state index in [0.29, 0.717) is 6.54 Å². The second-order valence-electron chi connectivity index (χ2n) is 3.69. The zero-order chi connectivity index (χ0) is 14.1. The highest BCUT2D eigenvalue weighted by molar-refractivity contribution is 7.80. The van der Waals surface area contributed by atoms with Gasteiger partial charge in [-0.1, -0.05) is 36.9 Å². The Bertz CT molecular complexity index is 555. The van der Waals surface area contributed by atoms with E-state index in [1.54, 1.807) is 0 Å². The fourth-order valence-corrected chi connectivity index (χ4v) is 1.61. The molecule has 0 aliphatic heterocycles. The largest absolute Gasteiger partial charge is 0.461 e. The lowest BCUT2D eigenvalue weighted by Crippen LogP contribution is -2.11. The van der Waals surface area contributed by atoms with Crippen molar-refractivity contribution in [3.8, 4) is 0 Å². The average Bonchev–Trinajstić information content (AvgIpc) is 2.45. The topological polar surface area (TPSA) is 52.3 Å². The van der Waals surface area contributed by atoms with Gasteiger partial charge in [0, 0.05) is 17.5 Å². The summed E-state index contributed by atoms with van der Waals surface area (Å²) in [6, 6.07) is 14.4. The second kappa shape index (κ2) is 8.34. The summed E-state index contributed by atoms with van der Waals surface area (Å²) in [4.78, 5) is 11.2. The minimum absolute atomic E-state index is 0.269. The van der Waals surface area contributed by atoms with Gasteiger partial charge < -0.3 is 10.5 Å². The van der Waals surface area contributed by atoms with Gasteiger partial charge in [0.15, 0.2) is 0 Å². The number of nitrogens with two attached hydrogens (primary N) is 1. The summed E-state index contributed by atoms with van der Waals surface area (Å²) in [5, 5.41) is 2.52. The first-order chi connectivity index (χ1) is 9.17. The molecule has 0 heterocycles. The van der Waals surface area contributed by atoms with Gasteiger partial charge >= 0.3 is 5.97 Å². The molecule has 0 aromatic heterocycles. The summed E-state index contributed by atoms with van der Waals surface area (Å²) in [5.74, 6) is -0.421. The maximum absolute atomic E-state index is 10.2. The van der Waals surface area contributed by atoms with Crippen LogP contribution in [0.15, 0.2) is 60.0 Å². The van der Waals surface area contributed by atoms with Gasteiger partial charge in [-0.05, 0) is 22.9 Å². The molecule has 0 unspecified atom stereocenters. The molecule has 0 fully saturated rings. The molecule has 100 valence electrons. The van der Waals surface area contributed by atoms with Crippen molar-refractivity contribution < 1.29 is 9.53 Å². The van der Waals surface area contributed by atoms with Crippen LogP contribution < -0.4 is 5.73 Å². The van der Waals surface area contributed by atoms with Gasteiger partial charge in [0.05, 0.1) is 0 Å². The molecule has 0 atom stereocenters. The van der Waals surface area contributed by atoms with Crippen LogP contribution in [-0.4, -0.2) is 19.1 Å². The maximum Gasteiger partial charge on any atom is 0.330 e. The quantitative estimate of drug-likeness (QED) is 0.514. The van der Waals surface area contributed by atoms with E-state index < -0.39 is 5.97 Å². The fourth-order valence-electron chi connectivity index (χ4n) is 1.40. The Morgan fingerprint density at radius 2 is 1.95 bits per heavy atom. The van der Waals surface area contributed by atoms with Crippen LogP contribution in [0.3, 0.4) is 0 Å². The Kier molecular flexibility index (Phi) is 6.71. The lowest BCUT2D eigenvalue weighted by Gasteiger charge is -1.96. The van der Waals surface area contributed by atoms with Crippen LogP contribution in [-0.2, 0) is 9.53 Å². The third-order valence-electron chi connectivity index (χ3n) is 2.26. The first kappa shape index (κ1) is 15.3. The summed E-state index contributed by atoms with van der Waals surface area (Å²) in [6.07, 6.45) is 1.11.